The highest BCUT2D eigenvalue weighted by Crippen LogP contribution is 2.28. The first-order valence-electron chi connectivity index (χ1n) is 12.9. The van der Waals surface area contributed by atoms with Gasteiger partial charge in [-0.05, 0) is 43.7 Å². The SMILES string of the molecule is CCCCOc1ccc(-c2nn(-c3ccccc3)cc2CNC(=O)c2cc(-c3ccc(C)cc3)on2)cc1F. The van der Waals surface area contributed by atoms with Crippen LogP contribution in [0.2, 0.25) is 0 Å². The number of nitrogens with one attached hydrogen (secondary N) is 1. The summed E-state index contributed by atoms with van der Waals surface area (Å²) in [5.41, 5.74) is 4.83. The number of aromatic nitrogens is 3. The highest BCUT2D eigenvalue weighted by molar-refractivity contribution is 5.93. The molecule has 1 N–H and O–H groups in total. The summed E-state index contributed by atoms with van der Waals surface area (Å²) in [7, 11) is 0. The molecule has 198 valence electrons. The first-order chi connectivity index (χ1) is 19.0. The second kappa shape index (κ2) is 11.8. The number of carbonyl (C=O) groups is 1. The first kappa shape index (κ1) is 25.9. The van der Waals surface area contributed by atoms with Gasteiger partial charge in [0, 0.05) is 35.5 Å². The van der Waals surface area contributed by atoms with Gasteiger partial charge in [-0.15, -0.1) is 0 Å². The minimum absolute atomic E-state index is 0.157. The van der Waals surface area contributed by atoms with Crippen LogP contribution in [0.15, 0.2) is 89.6 Å². The van der Waals surface area contributed by atoms with Crippen LogP contribution in [0, 0.1) is 12.7 Å². The molecule has 3 aromatic carbocycles. The largest absolute Gasteiger partial charge is 0.491 e. The summed E-state index contributed by atoms with van der Waals surface area (Å²) >= 11 is 0. The predicted octanol–water partition coefficient (Wildman–Crippen LogP) is 6.75. The molecule has 39 heavy (non-hydrogen) atoms. The molecule has 0 unspecified atom stereocenters. The van der Waals surface area contributed by atoms with Crippen molar-refractivity contribution in [3.8, 4) is 34.0 Å². The Bertz CT molecular complexity index is 1560. The number of ether oxygens (including phenoxy) is 1. The van der Waals surface area contributed by atoms with Gasteiger partial charge in [-0.1, -0.05) is 66.5 Å². The number of halogens is 1. The number of carbonyl (C=O) groups excluding carboxylic acids is 1. The Morgan fingerprint density at radius 1 is 1.03 bits per heavy atom. The molecule has 0 bridgehead atoms. The molecule has 0 atom stereocenters. The summed E-state index contributed by atoms with van der Waals surface area (Å²) in [6.45, 7) is 4.67. The number of nitrogens with zero attached hydrogens (tertiary/aromatic N) is 3. The molecule has 0 fully saturated rings. The zero-order chi connectivity index (χ0) is 27.2. The van der Waals surface area contributed by atoms with Crippen molar-refractivity contribution in [2.24, 2.45) is 0 Å². The van der Waals surface area contributed by atoms with E-state index in [1.165, 1.54) is 6.07 Å². The summed E-state index contributed by atoms with van der Waals surface area (Å²) < 4.78 is 27.6. The number of hydrogen-bond donors (Lipinski definition) is 1. The molecule has 0 aliphatic carbocycles. The van der Waals surface area contributed by atoms with Crippen LogP contribution < -0.4 is 10.1 Å². The molecule has 0 saturated carbocycles. The molecule has 7 nitrogen and oxygen atoms in total. The second-order valence-electron chi connectivity index (χ2n) is 9.26. The minimum Gasteiger partial charge on any atom is -0.491 e. The number of unbranched alkanes of at least 4 members (excludes halogenated alkanes) is 1. The number of rotatable bonds is 10. The lowest BCUT2D eigenvalue weighted by Crippen LogP contribution is -2.23. The number of para-hydroxylation sites is 1. The van der Waals surface area contributed by atoms with Crippen molar-refractivity contribution >= 4 is 5.91 Å². The van der Waals surface area contributed by atoms with Crippen molar-refractivity contribution in [2.75, 3.05) is 6.61 Å². The molecule has 2 heterocycles. The van der Waals surface area contributed by atoms with Gasteiger partial charge >= 0.3 is 0 Å². The van der Waals surface area contributed by atoms with Crippen LogP contribution in [0.25, 0.3) is 28.3 Å². The van der Waals surface area contributed by atoms with Crippen LogP contribution in [-0.4, -0.2) is 27.5 Å². The molecule has 0 radical (unpaired) electrons. The molecule has 2 aromatic heterocycles. The molecule has 0 aliphatic rings. The standard InChI is InChI=1S/C31H29FN4O3/c1-3-4-16-38-28-15-14-23(17-26(28)32)30-24(20-36(34-30)25-8-6-5-7-9-25)19-33-31(37)27-18-29(39-35-27)22-12-10-21(2)11-13-22/h5-15,17-18,20H,3-4,16,19H2,1-2H3,(H,33,37). The van der Waals surface area contributed by atoms with Gasteiger partial charge in [-0.2, -0.15) is 5.10 Å². The smallest absolute Gasteiger partial charge is 0.273 e. The van der Waals surface area contributed by atoms with E-state index in [4.69, 9.17) is 14.4 Å². The normalized spacial score (nSPS) is 10.9. The summed E-state index contributed by atoms with van der Waals surface area (Å²) in [4.78, 5) is 12.9. The van der Waals surface area contributed by atoms with Crippen LogP contribution in [-0.2, 0) is 6.54 Å². The average molecular weight is 525 g/mol. The fraction of sp³-hybridized carbons (Fsp3) is 0.194. The lowest BCUT2D eigenvalue weighted by atomic mass is 10.1. The highest BCUT2D eigenvalue weighted by atomic mass is 19.1. The third-order valence-electron chi connectivity index (χ3n) is 6.29. The van der Waals surface area contributed by atoms with E-state index in [-0.39, 0.29) is 23.9 Å². The highest BCUT2D eigenvalue weighted by Gasteiger charge is 2.18. The van der Waals surface area contributed by atoms with Crippen molar-refractivity contribution in [3.63, 3.8) is 0 Å². The molecule has 0 spiro atoms. The maximum Gasteiger partial charge on any atom is 0.273 e. The molecule has 0 saturated heterocycles. The van der Waals surface area contributed by atoms with Gasteiger partial charge in [0.1, 0.15) is 0 Å². The fourth-order valence-electron chi connectivity index (χ4n) is 4.09. The van der Waals surface area contributed by atoms with Crippen molar-refractivity contribution in [1.29, 1.82) is 0 Å². The van der Waals surface area contributed by atoms with Crippen LogP contribution in [0.1, 0.15) is 41.4 Å². The Morgan fingerprint density at radius 3 is 2.54 bits per heavy atom. The van der Waals surface area contributed by atoms with Gasteiger partial charge in [0.2, 0.25) is 0 Å². The van der Waals surface area contributed by atoms with Gasteiger partial charge in [0.05, 0.1) is 18.0 Å². The Hall–Kier alpha value is -4.72. The average Bonchev–Trinajstić information content (AvgIpc) is 3.62. The van der Waals surface area contributed by atoms with Gasteiger partial charge in [0.15, 0.2) is 23.0 Å². The Kier molecular flexibility index (Phi) is 7.82. The van der Waals surface area contributed by atoms with Crippen molar-refractivity contribution < 1.29 is 18.4 Å². The van der Waals surface area contributed by atoms with Gasteiger partial charge in [-0.25, -0.2) is 9.07 Å². The van der Waals surface area contributed by atoms with Crippen molar-refractivity contribution in [2.45, 2.75) is 33.2 Å². The Labute approximate surface area is 226 Å². The van der Waals surface area contributed by atoms with E-state index in [1.54, 1.807) is 22.9 Å². The zero-order valence-electron chi connectivity index (χ0n) is 21.9. The lowest BCUT2D eigenvalue weighted by Gasteiger charge is -2.08. The van der Waals surface area contributed by atoms with E-state index >= 15 is 0 Å². The Balaban J connectivity index is 1.38. The van der Waals surface area contributed by atoms with Crippen molar-refractivity contribution in [3.05, 3.63) is 108 Å². The van der Waals surface area contributed by atoms with E-state index in [0.29, 0.717) is 29.2 Å². The second-order valence-corrected chi connectivity index (χ2v) is 9.26. The van der Waals surface area contributed by atoms with Crippen molar-refractivity contribution in [1.82, 2.24) is 20.3 Å². The maximum atomic E-state index is 14.9. The van der Waals surface area contributed by atoms with Crippen LogP contribution in [0.3, 0.4) is 0 Å². The van der Waals surface area contributed by atoms with E-state index in [1.807, 2.05) is 67.7 Å². The van der Waals surface area contributed by atoms with Crippen LogP contribution in [0.4, 0.5) is 4.39 Å². The third kappa shape index (κ3) is 6.06. The summed E-state index contributed by atoms with van der Waals surface area (Å²) in [5.74, 6) is -0.130. The van der Waals surface area contributed by atoms with E-state index in [9.17, 15) is 9.18 Å². The maximum absolute atomic E-state index is 14.9. The van der Waals surface area contributed by atoms with Crippen LogP contribution in [0.5, 0.6) is 5.75 Å². The Morgan fingerprint density at radius 2 is 1.79 bits per heavy atom. The molecule has 0 aliphatic heterocycles. The van der Waals surface area contributed by atoms with E-state index < -0.39 is 5.82 Å². The zero-order valence-corrected chi connectivity index (χ0v) is 21.9. The minimum atomic E-state index is -0.459. The number of benzene rings is 3. The molecule has 5 aromatic rings. The topological polar surface area (TPSA) is 82.2 Å². The van der Waals surface area contributed by atoms with E-state index in [2.05, 4.69) is 17.4 Å². The molecule has 8 heteroatoms. The van der Waals surface area contributed by atoms with Gasteiger partial charge in [0.25, 0.3) is 5.91 Å². The lowest BCUT2D eigenvalue weighted by molar-refractivity contribution is 0.0942. The summed E-state index contributed by atoms with van der Waals surface area (Å²) in [6.07, 6.45) is 3.65. The third-order valence-corrected chi connectivity index (χ3v) is 6.29. The van der Waals surface area contributed by atoms with Crippen LogP contribution >= 0.6 is 0 Å². The summed E-state index contributed by atoms with van der Waals surface area (Å²) in [5, 5.41) is 11.6. The predicted molar refractivity (Wildman–Crippen MR) is 147 cm³/mol. The summed E-state index contributed by atoms with van der Waals surface area (Å²) in [6, 6.07) is 23.8. The van der Waals surface area contributed by atoms with Gasteiger partial charge < -0.3 is 14.6 Å². The molecule has 1 amide bonds. The molecule has 5 rings (SSSR count). The number of amides is 1. The number of hydrogen-bond acceptors (Lipinski definition) is 5. The van der Waals surface area contributed by atoms with Gasteiger partial charge in [-0.3, -0.25) is 4.79 Å². The molecular weight excluding hydrogens is 495 g/mol. The first-order valence-corrected chi connectivity index (χ1v) is 12.9. The molecular formula is C31H29FN4O3. The number of aryl methyl sites for hydroxylation is 1. The quantitative estimate of drug-likeness (QED) is 0.204. The fourth-order valence-corrected chi connectivity index (χ4v) is 4.09. The monoisotopic (exact) mass is 524 g/mol. The van der Waals surface area contributed by atoms with E-state index in [0.717, 1.165) is 29.7 Å².